The molecule has 0 aromatic carbocycles. The van der Waals surface area contributed by atoms with Crippen LogP contribution >= 0.6 is 0 Å². The van der Waals surface area contributed by atoms with Crippen molar-refractivity contribution in [3.05, 3.63) is 0 Å². The number of nitrogens with one attached hydrogen (secondary N) is 1. The SMILES string of the molecule is O=C1NOCCO1. The molecule has 0 aromatic rings. The molecule has 0 atom stereocenters. The number of amides is 1. The van der Waals surface area contributed by atoms with Gasteiger partial charge in [-0.2, -0.15) is 5.48 Å². The lowest BCUT2D eigenvalue weighted by atomic mass is 10.8. The van der Waals surface area contributed by atoms with Gasteiger partial charge in [0.25, 0.3) is 0 Å². The minimum Gasteiger partial charge on any atom is -0.445 e. The number of carbonyl (C=O) groups is 1. The molecule has 4 nitrogen and oxygen atoms in total. The van der Waals surface area contributed by atoms with E-state index in [1.165, 1.54) is 0 Å². The van der Waals surface area contributed by atoms with Crippen LogP contribution in [0.5, 0.6) is 0 Å². The molecule has 0 aliphatic carbocycles. The summed E-state index contributed by atoms with van der Waals surface area (Å²) in [5.41, 5.74) is 2.02. The van der Waals surface area contributed by atoms with E-state index in [0.29, 0.717) is 13.2 Å². The van der Waals surface area contributed by atoms with Crippen molar-refractivity contribution in [2.45, 2.75) is 0 Å². The van der Waals surface area contributed by atoms with Crippen LogP contribution in [0.2, 0.25) is 0 Å². The highest BCUT2D eigenvalue weighted by Crippen LogP contribution is 1.83. The van der Waals surface area contributed by atoms with Gasteiger partial charge in [0, 0.05) is 0 Å². The molecule has 0 radical (unpaired) electrons. The third-order valence-electron chi connectivity index (χ3n) is 0.574. The molecule has 0 saturated carbocycles. The number of hydrogen-bond acceptors (Lipinski definition) is 3. The standard InChI is InChI=1S/C3H5NO3/c5-3-4-7-2-1-6-3/h1-2H2,(H,4,5). The highest BCUT2D eigenvalue weighted by Gasteiger charge is 2.05. The third kappa shape index (κ3) is 1.04. The maximum absolute atomic E-state index is 10.0. The Balaban J connectivity index is 2.25. The highest BCUT2D eigenvalue weighted by atomic mass is 16.7. The summed E-state index contributed by atoms with van der Waals surface area (Å²) in [4.78, 5) is 14.5. The van der Waals surface area contributed by atoms with Crippen LogP contribution in [-0.4, -0.2) is 19.3 Å². The van der Waals surface area contributed by atoms with Crippen LogP contribution in [0.25, 0.3) is 0 Å². The van der Waals surface area contributed by atoms with Gasteiger partial charge in [-0.3, -0.25) is 4.84 Å². The minimum atomic E-state index is -0.508. The van der Waals surface area contributed by atoms with Crippen LogP contribution in [0.3, 0.4) is 0 Å². The Morgan fingerprint density at radius 1 is 1.57 bits per heavy atom. The molecule has 0 bridgehead atoms. The van der Waals surface area contributed by atoms with Gasteiger partial charge in [-0.1, -0.05) is 0 Å². The van der Waals surface area contributed by atoms with E-state index in [0.717, 1.165) is 0 Å². The van der Waals surface area contributed by atoms with Gasteiger partial charge in [-0.05, 0) is 0 Å². The first-order chi connectivity index (χ1) is 3.39. The Morgan fingerprint density at radius 3 is 2.71 bits per heavy atom. The van der Waals surface area contributed by atoms with E-state index in [4.69, 9.17) is 0 Å². The number of carbonyl (C=O) groups excluding carboxylic acids is 1. The van der Waals surface area contributed by atoms with Crippen molar-refractivity contribution < 1.29 is 14.4 Å². The van der Waals surface area contributed by atoms with E-state index in [-0.39, 0.29) is 0 Å². The second kappa shape index (κ2) is 1.79. The predicted molar refractivity (Wildman–Crippen MR) is 20.4 cm³/mol. The molecule has 1 saturated heterocycles. The van der Waals surface area contributed by atoms with Crippen molar-refractivity contribution in [1.82, 2.24) is 5.48 Å². The number of rotatable bonds is 0. The Bertz CT molecular complexity index is 74.2. The van der Waals surface area contributed by atoms with E-state index in [9.17, 15) is 4.79 Å². The summed E-state index contributed by atoms with van der Waals surface area (Å²) in [5, 5.41) is 0. The zero-order valence-electron chi connectivity index (χ0n) is 3.64. The van der Waals surface area contributed by atoms with E-state index in [2.05, 4.69) is 9.57 Å². The van der Waals surface area contributed by atoms with Gasteiger partial charge in [0.2, 0.25) is 0 Å². The van der Waals surface area contributed by atoms with Gasteiger partial charge in [0.05, 0.1) is 0 Å². The zero-order chi connectivity index (χ0) is 5.11. The van der Waals surface area contributed by atoms with Gasteiger partial charge in [0.1, 0.15) is 13.2 Å². The summed E-state index contributed by atoms with van der Waals surface area (Å²) in [7, 11) is 0. The van der Waals surface area contributed by atoms with E-state index < -0.39 is 6.09 Å². The summed E-state index contributed by atoms with van der Waals surface area (Å²) < 4.78 is 4.40. The number of hydrogen-bond donors (Lipinski definition) is 1. The first kappa shape index (κ1) is 4.39. The average molecular weight is 103 g/mol. The molecule has 4 heteroatoms. The van der Waals surface area contributed by atoms with Crippen molar-refractivity contribution in [3.63, 3.8) is 0 Å². The van der Waals surface area contributed by atoms with Crippen LogP contribution in [0, 0.1) is 0 Å². The molecular formula is C3H5NO3. The maximum Gasteiger partial charge on any atom is 0.431 e. The summed E-state index contributed by atoms with van der Waals surface area (Å²) >= 11 is 0. The largest absolute Gasteiger partial charge is 0.445 e. The molecule has 0 spiro atoms. The Hall–Kier alpha value is -0.770. The van der Waals surface area contributed by atoms with Crippen LogP contribution in [0.4, 0.5) is 4.79 Å². The fraction of sp³-hybridized carbons (Fsp3) is 0.667. The second-order valence-electron chi connectivity index (χ2n) is 1.09. The number of hydroxylamine groups is 1. The monoisotopic (exact) mass is 103 g/mol. The average Bonchev–Trinajstić information content (AvgIpc) is 1.69. The molecule has 1 amide bonds. The normalized spacial score (nSPS) is 20.3. The Morgan fingerprint density at radius 2 is 2.43 bits per heavy atom. The number of cyclic esters (lactones) is 1. The molecule has 1 heterocycles. The minimum absolute atomic E-state index is 0.353. The molecule has 0 aromatic heterocycles. The zero-order valence-corrected chi connectivity index (χ0v) is 3.64. The lowest BCUT2D eigenvalue weighted by molar-refractivity contribution is -0.0320. The molecule has 1 N–H and O–H groups in total. The van der Waals surface area contributed by atoms with Crippen molar-refractivity contribution in [2.75, 3.05) is 13.2 Å². The Kier molecular flexibility index (Phi) is 1.12. The van der Waals surface area contributed by atoms with Crippen molar-refractivity contribution in [2.24, 2.45) is 0 Å². The van der Waals surface area contributed by atoms with Crippen molar-refractivity contribution >= 4 is 6.09 Å². The quantitative estimate of drug-likeness (QED) is 0.456. The molecule has 0 unspecified atom stereocenters. The van der Waals surface area contributed by atoms with Gasteiger partial charge in [-0.15, -0.1) is 0 Å². The van der Waals surface area contributed by atoms with E-state index in [1.54, 1.807) is 0 Å². The second-order valence-corrected chi connectivity index (χ2v) is 1.09. The summed E-state index contributed by atoms with van der Waals surface area (Å²) in [6, 6.07) is 0. The smallest absolute Gasteiger partial charge is 0.431 e. The molecule has 40 valence electrons. The van der Waals surface area contributed by atoms with Gasteiger partial charge >= 0.3 is 6.09 Å². The molecular weight excluding hydrogens is 98.0 g/mol. The molecule has 1 fully saturated rings. The van der Waals surface area contributed by atoms with Crippen LogP contribution in [-0.2, 0) is 9.57 Å². The van der Waals surface area contributed by atoms with E-state index >= 15 is 0 Å². The fourth-order valence-electron chi connectivity index (χ4n) is 0.315. The van der Waals surface area contributed by atoms with Crippen molar-refractivity contribution in [3.8, 4) is 0 Å². The highest BCUT2D eigenvalue weighted by molar-refractivity contribution is 5.66. The molecule has 1 aliphatic rings. The predicted octanol–water partition coefficient (Wildman–Crippen LogP) is -0.342. The lowest BCUT2D eigenvalue weighted by Gasteiger charge is -2.10. The van der Waals surface area contributed by atoms with Gasteiger partial charge in [0.15, 0.2) is 0 Å². The fourth-order valence-corrected chi connectivity index (χ4v) is 0.315. The molecule has 7 heavy (non-hydrogen) atoms. The van der Waals surface area contributed by atoms with Crippen LogP contribution in [0.1, 0.15) is 0 Å². The lowest BCUT2D eigenvalue weighted by Crippen LogP contribution is -2.32. The molecule has 1 rings (SSSR count). The van der Waals surface area contributed by atoms with Crippen molar-refractivity contribution in [1.29, 1.82) is 0 Å². The summed E-state index contributed by atoms with van der Waals surface area (Å²) in [6.45, 7) is 0.789. The number of ether oxygens (including phenoxy) is 1. The van der Waals surface area contributed by atoms with Crippen LogP contribution < -0.4 is 5.48 Å². The van der Waals surface area contributed by atoms with Crippen LogP contribution in [0.15, 0.2) is 0 Å². The maximum atomic E-state index is 10.0. The van der Waals surface area contributed by atoms with E-state index in [1.807, 2.05) is 5.48 Å². The molecule has 1 aliphatic heterocycles. The van der Waals surface area contributed by atoms with Gasteiger partial charge < -0.3 is 4.74 Å². The topological polar surface area (TPSA) is 47.6 Å². The summed E-state index contributed by atoms with van der Waals surface area (Å²) in [6.07, 6.45) is -0.508. The first-order valence-corrected chi connectivity index (χ1v) is 1.94. The summed E-state index contributed by atoms with van der Waals surface area (Å²) in [5.74, 6) is 0. The first-order valence-electron chi connectivity index (χ1n) is 1.94. The Labute approximate surface area is 40.4 Å². The van der Waals surface area contributed by atoms with Gasteiger partial charge in [-0.25, -0.2) is 4.79 Å². The third-order valence-corrected chi connectivity index (χ3v) is 0.574.